The summed E-state index contributed by atoms with van der Waals surface area (Å²) in [6.07, 6.45) is -0.248. The van der Waals surface area contributed by atoms with E-state index in [4.69, 9.17) is 6.85 Å². The third-order valence-electron chi connectivity index (χ3n) is 0.760. The monoisotopic (exact) mass is 270 g/mol. The smallest absolute Gasteiger partial charge is 0.227 e. The molecule has 54 valence electrons. The molecule has 0 saturated heterocycles. The lowest BCUT2D eigenvalue weighted by Gasteiger charge is -1.99. The predicted molar refractivity (Wildman–Crippen MR) is 46.2 cm³/mol. The average molecular weight is 272 g/mol. The fourth-order valence-electron chi connectivity index (χ4n) is 0.394. The van der Waals surface area contributed by atoms with Gasteiger partial charge in [-0.25, -0.2) is 4.98 Å². The molecular weight excluding hydrogens is 262 g/mol. The van der Waals surface area contributed by atoms with Gasteiger partial charge in [-0.05, 0) is 37.9 Å². The number of nitrogens with zero attached hydrogens (tertiary/aromatic N) is 1. The first-order valence-electron chi connectivity index (χ1n) is 4.73. The molecule has 1 aromatic rings. The van der Waals surface area contributed by atoms with Crippen LogP contribution in [0.5, 0.6) is 5.88 Å². The lowest BCUT2D eigenvalue weighted by atomic mass is 10.5. The molecule has 0 fully saturated rings. The van der Waals surface area contributed by atoms with Crippen molar-refractivity contribution in [3.63, 3.8) is 0 Å². The van der Waals surface area contributed by atoms with E-state index in [0.717, 1.165) is 0 Å². The highest BCUT2D eigenvalue weighted by atomic mass is 79.9. The van der Waals surface area contributed by atoms with E-state index in [1.54, 1.807) is 0 Å². The molecule has 0 unspecified atom stereocenters. The van der Waals surface area contributed by atoms with Crippen molar-refractivity contribution in [2.24, 2.45) is 0 Å². The van der Waals surface area contributed by atoms with Crippen molar-refractivity contribution in [1.82, 2.24) is 4.98 Å². The highest BCUT2D eigenvalue weighted by Crippen LogP contribution is 2.24. The highest BCUT2D eigenvalue weighted by molar-refractivity contribution is 9.11. The molecule has 2 nitrogen and oxygen atoms in total. The maximum atomic E-state index is 7.52. The Hall–Kier alpha value is -0.0900. The molecule has 0 atom stereocenters. The third-order valence-corrected chi connectivity index (χ3v) is 1.67. The summed E-state index contributed by atoms with van der Waals surface area (Å²) in [4.78, 5) is 3.59. The minimum Gasteiger partial charge on any atom is -0.480 e. The van der Waals surface area contributed by atoms with E-state index in [9.17, 15) is 0 Å². The number of hydrogen-bond acceptors (Lipinski definition) is 2. The van der Waals surface area contributed by atoms with Crippen molar-refractivity contribution in [3.8, 4) is 5.88 Å². The molecule has 10 heavy (non-hydrogen) atoms. The van der Waals surface area contributed by atoms with Crippen LogP contribution in [-0.2, 0) is 0 Å². The van der Waals surface area contributed by atoms with Gasteiger partial charge in [0.05, 0.1) is 18.4 Å². The topological polar surface area (TPSA) is 22.1 Å². The van der Waals surface area contributed by atoms with Crippen molar-refractivity contribution in [2.75, 3.05) is 7.04 Å². The van der Waals surface area contributed by atoms with Gasteiger partial charge in [-0.15, -0.1) is 0 Å². The van der Waals surface area contributed by atoms with E-state index in [2.05, 4.69) is 41.6 Å². The van der Waals surface area contributed by atoms with Crippen LogP contribution < -0.4 is 4.74 Å². The van der Waals surface area contributed by atoms with Crippen molar-refractivity contribution < 1.29 is 11.6 Å². The van der Waals surface area contributed by atoms with E-state index in [1.807, 2.05) is 0 Å². The zero-order valence-corrected chi connectivity index (χ0v) is 7.78. The SMILES string of the molecule is [2H]c1nc(OC([2H])([2H])[2H])c(Br)c([2H])c1Br. The Bertz CT molecular complexity index is 394. The van der Waals surface area contributed by atoms with Crippen LogP contribution in [0.25, 0.3) is 0 Å². The van der Waals surface area contributed by atoms with Gasteiger partial charge in [-0.3, -0.25) is 0 Å². The summed E-state index contributed by atoms with van der Waals surface area (Å²) in [5.41, 5.74) is 0. The number of rotatable bonds is 1. The zero-order valence-electron chi connectivity index (χ0n) is 9.61. The quantitative estimate of drug-likeness (QED) is 0.784. The number of hydrogen-bond donors (Lipinski definition) is 0. The summed E-state index contributed by atoms with van der Waals surface area (Å²) in [6.45, 7) is 0. The Labute approximate surface area is 82.9 Å². The maximum Gasteiger partial charge on any atom is 0.227 e. The third kappa shape index (κ3) is 1.70. The molecular formula is C6H5Br2NO. The summed E-state index contributed by atoms with van der Waals surface area (Å²) in [6, 6.07) is -0.0748. The molecule has 1 aromatic heterocycles. The maximum absolute atomic E-state index is 7.52. The Kier molecular flexibility index (Phi) is 1.18. The van der Waals surface area contributed by atoms with Crippen molar-refractivity contribution in [1.29, 1.82) is 0 Å². The Morgan fingerprint density at radius 2 is 2.60 bits per heavy atom. The fourth-order valence-corrected chi connectivity index (χ4v) is 1.32. The molecule has 0 aliphatic heterocycles. The summed E-state index contributed by atoms with van der Waals surface area (Å²) >= 11 is 5.96. The number of pyridine rings is 1. The van der Waals surface area contributed by atoms with Crippen LogP contribution in [0.3, 0.4) is 0 Å². The van der Waals surface area contributed by atoms with Gasteiger partial charge in [0.1, 0.15) is 0 Å². The molecule has 0 bridgehead atoms. The van der Waals surface area contributed by atoms with E-state index in [1.165, 1.54) is 0 Å². The van der Waals surface area contributed by atoms with Gasteiger partial charge in [-0.2, -0.15) is 0 Å². The van der Waals surface area contributed by atoms with E-state index in [0.29, 0.717) is 0 Å². The molecule has 1 rings (SSSR count). The van der Waals surface area contributed by atoms with Crippen LogP contribution in [0.4, 0.5) is 0 Å². The molecule has 1 heterocycles. The second-order valence-electron chi connectivity index (χ2n) is 1.38. The molecule has 0 aliphatic carbocycles. The highest BCUT2D eigenvalue weighted by Gasteiger charge is 1.99. The standard InChI is InChI=1S/C6H5Br2NO/c1-10-6-5(8)2-4(7)3-9-6/h2-3H,1H3/i1D3,2D,3D. The molecule has 0 saturated carbocycles. The van der Waals surface area contributed by atoms with Crippen LogP contribution in [0.15, 0.2) is 21.2 Å². The van der Waals surface area contributed by atoms with Crippen LogP contribution in [0, 0.1) is 0 Å². The molecule has 0 aromatic carbocycles. The molecule has 0 aliphatic rings. The van der Waals surface area contributed by atoms with E-state index < -0.39 is 7.04 Å². The zero-order chi connectivity index (χ0) is 11.8. The van der Waals surface area contributed by atoms with Gasteiger partial charge >= 0.3 is 0 Å². The van der Waals surface area contributed by atoms with Crippen LogP contribution in [-0.4, -0.2) is 12.0 Å². The average Bonchev–Trinajstić information content (AvgIpc) is 2.08. The van der Waals surface area contributed by atoms with Crippen LogP contribution in [0.2, 0.25) is 0 Å². The van der Waals surface area contributed by atoms with E-state index in [-0.39, 0.29) is 27.0 Å². The van der Waals surface area contributed by atoms with Crippen molar-refractivity contribution in [3.05, 3.63) is 21.2 Å². The Balaban J connectivity index is 3.21. The van der Waals surface area contributed by atoms with Gasteiger partial charge in [0.15, 0.2) is 0 Å². The molecule has 0 N–H and O–H groups in total. The lowest BCUT2D eigenvalue weighted by Crippen LogP contribution is -1.87. The molecule has 0 spiro atoms. The number of ether oxygens (including phenoxy) is 1. The Morgan fingerprint density at radius 1 is 1.80 bits per heavy atom. The van der Waals surface area contributed by atoms with Gasteiger partial charge in [0, 0.05) is 10.6 Å². The first kappa shape index (κ1) is 3.54. The molecule has 0 radical (unpaired) electrons. The van der Waals surface area contributed by atoms with Gasteiger partial charge in [0.2, 0.25) is 5.88 Å². The lowest BCUT2D eigenvalue weighted by molar-refractivity contribution is 0.395. The summed E-state index contributed by atoms with van der Waals surface area (Å²) in [5, 5.41) is 0. The number of halogens is 2. The largest absolute Gasteiger partial charge is 0.480 e. The van der Waals surface area contributed by atoms with Gasteiger partial charge < -0.3 is 4.74 Å². The Morgan fingerprint density at radius 3 is 3.30 bits per heavy atom. The van der Waals surface area contributed by atoms with Crippen LogP contribution in [0.1, 0.15) is 6.85 Å². The molecule has 4 heteroatoms. The van der Waals surface area contributed by atoms with Crippen molar-refractivity contribution >= 4 is 31.9 Å². The minimum atomic E-state index is -2.65. The van der Waals surface area contributed by atoms with Crippen molar-refractivity contribution in [2.45, 2.75) is 0 Å². The summed E-state index contributed by atoms with van der Waals surface area (Å²) in [5.74, 6) is -0.284. The summed E-state index contributed by atoms with van der Waals surface area (Å²) in [7, 11) is -2.65. The van der Waals surface area contributed by atoms with Crippen LogP contribution >= 0.6 is 31.9 Å². The minimum absolute atomic E-state index is 0.0748. The number of methoxy groups -OCH3 is 1. The second-order valence-corrected chi connectivity index (χ2v) is 2.97. The molecule has 0 amide bonds. The first-order valence-corrected chi connectivity index (χ1v) is 3.82. The second kappa shape index (κ2) is 3.34. The summed E-state index contributed by atoms with van der Waals surface area (Å²) < 4.78 is 40.3. The van der Waals surface area contributed by atoms with Gasteiger partial charge in [0.25, 0.3) is 0 Å². The van der Waals surface area contributed by atoms with E-state index >= 15 is 0 Å². The van der Waals surface area contributed by atoms with Gasteiger partial charge in [-0.1, -0.05) is 0 Å². The number of aromatic nitrogens is 1. The predicted octanol–water partition coefficient (Wildman–Crippen LogP) is 2.62. The fraction of sp³-hybridized carbons (Fsp3) is 0.167. The first-order chi connectivity index (χ1) is 6.72. The normalized spacial score (nSPS) is 18.0.